The van der Waals surface area contributed by atoms with Crippen molar-refractivity contribution < 1.29 is 19.0 Å². The Morgan fingerprint density at radius 3 is 2.78 bits per heavy atom. The Morgan fingerprint density at radius 1 is 1.30 bits per heavy atom. The summed E-state index contributed by atoms with van der Waals surface area (Å²) in [4.78, 5) is 12.3. The van der Waals surface area contributed by atoms with Crippen molar-refractivity contribution in [3.8, 4) is 11.5 Å². The fraction of sp³-hybridized carbons (Fsp3) is 0.562. The van der Waals surface area contributed by atoms with Gasteiger partial charge < -0.3 is 24.8 Å². The van der Waals surface area contributed by atoms with Crippen LogP contribution in [0.2, 0.25) is 0 Å². The highest BCUT2D eigenvalue weighted by Gasteiger charge is 2.25. The van der Waals surface area contributed by atoms with Crippen molar-refractivity contribution in [1.82, 2.24) is 10.6 Å². The van der Waals surface area contributed by atoms with Crippen LogP contribution in [0.5, 0.6) is 11.5 Å². The summed E-state index contributed by atoms with van der Waals surface area (Å²) in [5.41, 5.74) is 1.02. The number of halogens is 1. The van der Waals surface area contributed by atoms with Gasteiger partial charge in [0.1, 0.15) is 19.3 Å². The molecular formula is C16H23ClN2O4. The number of hydrogen-bond acceptors (Lipinski definition) is 5. The van der Waals surface area contributed by atoms with Crippen LogP contribution in [0, 0.1) is 0 Å². The third-order valence-electron chi connectivity index (χ3n) is 3.91. The fourth-order valence-electron chi connectivity index (χ4n) is 2.70. The molecule has 3 rings (SSSR count). The Kier molecular flexibility index (Phi) is 6.50. The second-order valence-corrected chi connectivity index (χ2v) is 5.44. The van der Waals surface area contributed by atoms with Crippen LogP contribution in [0.25, 0.3) is 0 Å². The lowest BCUT2D eigenvalue weighted by Gasteiger charge is -2.26. The monoisotopic (exact) mass is 342 g/mol. The molecule has 2 N–H and O–H groups in total. The second-order valence-electron chi connectivity index (χ2n) is 5.44. The Labute approximate surface area is 142 Å². The number of hydrogen-bond donors (Lipinski definition) is 2. The van der Waals surface area contributed by atoms with Crippen molar-refractivity contribution in [3.63, 3.8) is 0 Å². The van der Waals surface area contributed by atoms with E-state index >= 15 is 0 Å². The summed E-state index contributed by atoms with van der Waals surface area (Å²) in [6.45, 7) is 5.10. The minimum Gasteiger partial charge on any atom is -0.486 e. The van der Waals surface area contributed by atoms with E-state index < -0.39 is 6.10 Å². The van der Waals surface area contributed by atoms with Gasteiger partial charge in [-0.2, -0.15) is 0 Å². The molecule has 6 nitrogen and oxygen atoms in total. The number of amides is 1. The minimum absolute atomic E-state index is 0. The number of fused-ring (bicyclic) bond motifs is 1. The first kappa shape index (κ1) is 17.8. The minimum atomic E-state index is -0.417. The smallest absolute Gasteiger partial charge is 0.250 e. The van der Waals surface area contributed by atoms with Crippen molar-refractivity contribution in [2.45, 2.75) is 25.5 Å². The van der Waals surface area contributed by atoms with E-state index in [1.54, 1.807) is 0 Å². The molecule has 1 fully saturated rings. The molecule has 1 amide bonds. The molecule has 23 heavy (non-hydrogen) atoms. The maximum absolute atomic E-state index is 12.3. The van der Waals surface area contributed by atoms with Gasteiger partial charge in [0, 0.05) is 13.1 Å². The molecule has 0 saturated carbocycles. The van der Waals surface area contributed by atoms with Crippen LogP contribution in [-0.4, -0.2) is 44.9 Å². The predicted molar refractivity (Wildman–Crippen MR) is 88.5 cm³/mol. The third-order valence-corrected chi connectivity index (χ3v) is 3.91. The van der Waals surface area contributed by atoms with E-state index in [2.05, 4.69) is 10.6 Å². The van der Waals surface area contributed by atoms with E-state index in [0.29, 0.717) is 26.4 Å². The predicted octanol–water partition coefficient (Wildman–Crippen LogP) is 1.44. The van der Waals surface area contributed by atoms with Gasteiger partial charge in [0.05, 0.1) is 12.6 Å². The number of benzene rings is 1. The van der Waals surface area contributed by atoms with E-state index in [1.807, 2.05) is 25.1 Å². The van der Waals surface area contributed by atoms with Gasteiger partial charge in [0.2, 0.25) is 0 Å². The van der Waals surface area contributed by atoms with Crippen molar-refractivity contribution in [2.75, 3.05) is 32.9 Å². The first-order valence-electron chi connectivity index (χ1n) is 7.80. The van der Waals surface area contributed by atoms with E-state index in [0.717, 1.165) is 30.0 Å². The summed E-state index contributed by atoms with van der Waals surface area (Å²) < 4.78 is 16.6. The van der Waals surface area contributed by atoms with E-state index in [9.17, 15) is 4.79 Å². The summed E-state index contributed by atoms with van der Waals surface area (Å²) in [5, 5.41) is 6.22. The highest BCUT2D eigenvalue weighted by atomic mass is 35.5. The number of nitrogens with one attached hydrogen (secondary N) is 2. The Balaban J connectivity index is 0.00000192. The molecule has 7 heteroatoms. The standard InChI is InChI=1S/C16H22N2O4.ClH/c1-2-12(18-16(19)15-10-17-5-6-20-15)11-3-4-13-14(9-11)22-8-7-21-13;/h3-4,9,12,15,17H,2,5-8,10H2,1H3,(H,18,19);1H. The molecule has 0 spiro atoms. The molecule has 1 aromatic rings. The van der Waals surface area contributed by atoms with Crippen LogP contribution in [0.15, 0.2) is 18.2 Å². The third kappa shape index (κ3) is 4.28. The molecule has 1 aromatic carbocycles. The molecule has 2 heterocycles. The van der Waals surface area contributed by atoms with Crippen LogP contribution in [0.1, 0.15) is 24.9 Å². The van der Waals surface area contributed by atoms with Gasteiger partial charge in [-0.1, -0.05) is 13.0 Å². The summed E-state index contributed by atoms with van der Waals surface area (Å²) >= 11 is 0. The van der Waals surface area contributed by atoms with Gasteiger partial charge in [0.15, 0.2) is 11.5 Å². The summed E-state index contributed by atoms with van der Waals surface area (Å²) in [6.07, 6.45) is 0.380. The molecule has 2 aliphatic heterocycles. The van der Waals surface area contributed by atoms with E-state index in [1.165, 1.54) is 0 Å². The number of morpholine rings is 1. The lowest BCUT2D eigenvalue weighted by atomic mass is 10.0. The fourth-order valence-corrected chi connectivity index (χ4v) is 2.70. The lowest BCUT2D eigenvalue weighted by molar-refractivity contribution is -0.135. The quantitative estimate of drug-likeness (QED) is 0.866. The maximum atomic E-state index is 12.3. The molecule has 0 aliphatic carbocycles. The number of ether oxygens (including phenoxy) is 3. The molecule has 0 bridgehead atoms. The first-order valence-corrected chi connectivity index (χ1v) is 7.80. The lowest BCUT2D eigenvalue weighted by Crippen LogP contribution is -2.48. The summed E-state index contributed by atoms with van der Waals surface area (Å²) in [6, 6.07) is 5.76. The topological polar surface area (TPSA) is 68.8 Å². The zero-order valence-corrected chi connectivity index (χ0v) is 14.0. The average molecular weight is 343 g/mol. The molecule has 0 radical (unpaired) electrons. The van der Waals surface area contributed by atoms with Crippen LogP contribution < -0.4 is 20.1 Å². The number of carbonyl (C=O) groups excluding carboxylic acids is 1. The van der Waals surface area contributed by atoms with Crippen molar-refractivity contribution in [2.24, 2.45) is 0 Å². The summed E-state index contributed by atoms with van der Waals surface area (Å²) in [5.74, 6) is 1.43. The van der Waals surface area contributed by atoms with E-state index in [4.69, 9.17) is 14.2 Å². The van der Waals surface area contributed by atoms with Crippen LogP contribution in [0.4, 0.5) is 0 Å². The van der Waals surface area contributed by atoms with Crippen molar-refractivity contribution in [3.05, 3.63) is 23.8 Å². The highest BCUT2D eigenvalue weighted by molar-refractivity contribution is 5.85. The first-order chi connectivity index (χ1) is 10.8. The van der Waals surface area contributed by atoms with Gasteiger partial charge >= 0.3 is 0 Å². The molecule has 2 unspecified atom stereocenters. The molecule has 0 aromatic heterocycles. The molecule has 2 aliphatic rings. The molecule has 128 valence electrons. The normalized spacial score (nSPS) is 21.0. The van der Waals surface area contributed by atoms with Crippen LogP contribution >= 0.6 is 12.4 Å². The molecule has 2 atom stereocenters. The van der Waals surface area contributed by atoms with Gasteiger partial charge in [-0.3, -0.25) is 4.79 Å². The summed E-state index contributed by atoms with van der Waals surface area (Å²) in [7, 11) is 0. The Hall–Kier alpha value is -1.50. The molecule has 1 saturated heterocycles. The highest BCUT2D eigenvalue weighted by Crippen LogP contribution is 2.33. The van der Waals surface area contributed by atoms with Gasteiger partial charge in [-0.25, -0.2) is 0 Å². The Bertz CT molecular complexity index is 535. The number of rotatable bonds is 4. The van der Waals surface area contributed by atoms with Crippen LogP contribution in [-0.2, 0) is 9.53 Å². The average Bonchev–Trinajstić information content (AvgIpc) is 2.59. The van der Waals surface area contributed by atoms with E-state index in [-0.39, 0.29) is 24.4 Å². The van der Waals surface area contributed by atoms with Gasteiger partial charge in [0.25, 0.3) is 5.91 Å². The SMILES string of the molecule is CCC(NC(=O)C1CNCCO1)c1ccc2c(c1)OCCO2.Cl. The largest absolute Gasteiger partial charge is 0.486 e. The zero-order chi connectivity index (χ0) is 15.4. The van der Waals surface area contributed by atoms with Crippen molar-refractivity contribution >= 4 is 18.3 Å². The Morgan fingerprint density at radius 2 is 2.09 bits per heavy atom. The van der Waals surface area contributed by atoms with Gasteiger partial charge in [-0.05, 0) is 24.1 Å². The number of carbonyl (C=O) groups is 1. The van der Waals surface area contributed by atoms with Crippen molar-refractivity contribution in [1.29, 1.82) is 0 Å². The van der Waals surface area contributed by atoms with Gasteiger partial charge in [-0.15, -0.1) is 12.4 Å². The second kappa shape index (κ2) is 8.38. The van der Waals surface area contributed by atoms with Crippen LogP contribution in [0.3, 0.4) is 0 Å². The maximum Gasteiger partial charge on any atom is 0.250 e. The molecular weight excluding hydrogens is 320 g/mol. The zero-order valence-electron chi connectivity index (χ0n) is 13.2.